The number of carboxylic acids is 1. The summed E-state index contributed by atoms with van der Waals surface area (Å²) in [4.78, 5) is 24.6. The molecule has 1 atom stereocenters. The maximum absolute atomic E-state index is 11.8. The Bertz CT molecular complexity index is 297. The van der Waals surface area contributed by atoms with Crippen LogP contribution in [0.4, 0.5) is 0 Å². The van der Waals surface area contributed by atoms with Gasteiger partial charge >= 0.3 is 5.97 Å². The van der Waals surface area contributed by atoms with E-state index < -0.39 is 12.0 Å². The standard InChI is InChI=1S/C13H24N2O3/c1-4-11(13(17)18)14-10-5-7-15(8-6-10)12(16)9(2)3/h9-11,14H,4-8H2,1-3H3,(H,17,18). The van der Waals surface area contributed by atoms with Gasteiger partial charge in [0.15, 0.2) is 0 Å². The van der Waals surface area contributed by atoms with Crippen LogP contribution in [0, 0.1) is 5.92 Å². The summed E-state index contributed by atoms with van der Waals surface area (Å²) in [5.74, 6) is -0.561. The van der Waals surface area contributed by atoms with E-state index in [4.69, 9.17) is 5.11 Å². The number of hydrogen-bond donors (Lipinski definition) is 2. The maximum Gasteiger partial charge on any atom is 0.320 e. The zero-order valence-corrected chi connectivity index (χ0v) is 11.5. The number of aliphatic carboxylic acids is 1. The van der Waals surface area contributed by atoms with E-state index in [0.29, 0.717) is 6.42 Å². The Morgan fingerprint density at radius 2 is 1.89 bits per heavy atom. The van der Waals surface area contributed by atoms with Gasteiger partial charge in [0.2, 0.25) is 5.91 Å². The molecule has 0 aromatic rings. The van der Waals surface area contributed by atoms with Crippen LogP contribution in [0.2, 0.25) is 0 Å². The zero-order chi connectivity index (χ0) is 13.7. The number of carboxylic acid groups (broad SMARTS) is 1. The lowest BCUT2D eigenvalue weighted by Crippen LogP contribution is -2.50. The van der Waals surface area contributed by atoms with Crippen molar-refractivity contribution in [3.05, 3.63) is 0 Å². The van der Waals surface area contributed by atoms with E-state index in [1.165, 1.54) is 0 Å². The molecule has 1 aliphatic heterocycles. The third-order valence-electron chi connectivity index (χ3n) is 3.44. The third-order valence-corrected chi connectivity index (χ3v) is 3.44. The molecule has 0 radical (unpaired) electrons. The van der Waals surface area contributed by atoms with E-state index in [1.807, 2.05) is 25.7 Å². The lowest BCUT2D eigenvalue weighted by atomic mass is 10.0. The second kappa shape index (κ2) is 6.73. The summed E-state index contributed by atoms with van der Waals surface area (Å²) in [7, 11) is 0. The minimum atomic E-state index is -0.793. The number of hydrogen-bond acceptors (Lipinski definition) is 3. The molecule has 0 saturated carbocycles. The number of nitrogens with one attached hydrogen (secondary N) is 1. The maximum atomic E-state index is 11.8. The van der Waals surface area contributed by atoms with Gasteiger partial charge in [-0.05, 0) is 19.3 Å². The molecule has 2 N–H and O–H groups in total. The van der Waals surface area contributed by atoms with Crippen molar-refractivity contribution in [2.24, 2.45) is 5.92 Å². The molecule has 1 aliphatic rings. The molecule has 0 bridgehead atoms. The van der Waals surface area contributed by atoms with Crippen LogP contribution in [0.3, 0.4) is 0 Å². The predicted molar refractivity (Wildman–Crippen MR) is 69.3 cm³/mol. The highest BCUT2D eigenvalue weighted by molar-refractivity contribution is 5.78. The Balaban J connectivity index is 2.40. The fourth-order valence-corrected chi connectivity index (χ4v) is 2.28. The summed E-state index contributed by atoms with van der Waals surface area (Å²) in [6.07, 6.45) is 2.25. The Morgan fingerprint density at radius 1 is 1.33 bits per heavy atom. The molecule has 1 rings (SSSR count). The van der Waals surface area contributed by atoms with Crippen LogP contribution in [0.5, 0.6) is 0 Å². The topological polar surface area (TPSA) is 69.6 Å². The molecular formula is C13H24N2O3. The average molecular weight is 256 g/mol. The molecular weight excluding hydrogens is 232 g/mol. The Hall–Kier alpha value is -1.10. The van der Waals surface area contributed by atoms with Crippen molar-refractivity contribution in [1.29, 1.82) is 0 Å². The van der Waals surface area contributed by atoms with Crippen molar-refractivity contribution in [1.82, 2.24) is 10.2 Å². The van der Waals surface area contributed by atoms with Crippen LogP contribution in [0.15, 0.2) is 0 Å². The first-order chi connectivity index (χ1) is 8.45. The molecule has 5 heteroatoms. The van der Waals surface area contributed by atoms with Gasteiger partial charge < -0.3 is 15.3 Å². The minimum Gasteiger partial charge on any atom is -0.480 e. The number of carbonyl (C=O) groups is 2. The summed E-state index contributed by atoms with van der Waals surface area (Å²) >= 11 is 0. The second-order valence-corrected chi connectivity index (χ2v) is 5.22. The molecule has 1 unspecified atom stereocenters. The van der Waals surface area contributed by atoms with Crippen molar-refractivity contribution in [2.45, 2.75) is 52.1 Å². The molecule has 0 aromatic heterocycles. The molecule has 1 amide bonds. The van der Waals surface area contributed by atoms with Crippen LogP contribution < -0.4 is 5.32 Å². The number of carbonyl (C=O) groups excluding carboxylic acids is 1. The van der Waals surface area contributed by atoms with Gasteiger partial charge in [0.25, 0.3) is 0 Å². The normalized spacial score (nSPS) is 19.0. The van der Waals surface area contributed by atoms with Crippen LogP contribution in [-0.2, 0) is 9.59 Å². The summed E-state index contributed by atoms with van der Waals surface area (Å²) in [6, 6.07) is -0.260. The fraction of sp³-hybridized carbons (Fsp3) is 0.846. The van der Waals surface area contributed by atoms with Gasteiger partial charge in [-0.1, -0.05) is 20.8 Å². The molecule has 1 heterocycles. The quantitative estimate of drug-likeness (QED) is 0.772. The van der Waals surface area contributed by atoms with Crippen molar-refractivity contribution >= 4 is 11.9 Å². The van der Waals surface area contributed by atoms with E-state index >= 15 is 0 Å². The predicted octanol–water partition coefficient (Wildman–Crippen LogP) is 1.09. The van der Waals surface area contributed by atoms with Crippen molar-refractivity contribution in [3.8, 4) is 0 Å². The van der Waals surface area contributed by atoms with Gasteiger partial charge in [0, 0.05) is 25.0 Å². The molecule has 1 saturated heterocycles. The summed E-state index contributed by atoms with van der Waals surface area (Å²) in [5.41, 5.74) is 0. The molecule has 104 valence electrons. The first-order valence-corrected chi connectivity index (χ1v) is 6.73. The number of likely N-dealkylation sites (tertiary alicyclic amines) is 1. The van der Waals surface area contributed by atoms with Gasteiger partial charge in [0.1, 0.15) is 6.04 Å². The number of piperidine rings is 1. The first-order valence-electron chi connectivity index (χ1n) is 6.73. The Kier molecular flexibility index (Phi) is 5.59. The monoisotopic (exact) mass is 256 g/mol. The SMILES string of the molecule is CCC(NC1CCN(C(=O)C(C)C)CC1)C(=O)O. The Labute approximate surface area is 109 Å². The fourth-order valence-electron chi connectivity index (χ4n) is 2.28. The van der Waals surface area contributed by atoms with Gasteiger partial charge in [-0.25, -0.2) is 0 Å². The Morgan fingerprint density at radius 3 is 2.28 bits per heavy atom. The lowest BCUT2D eigenvalue weighted by Gasteiger charge is -2.34. The average Bonchev–Trinajstić information content (AvgIpc) is 2.35. The number of nitrogens with zero attached hydrogens (tertiary/aromatic N) is 1. The lowest BCUT2D eigenvalue weighted by molar-refractivity contribution is -0.140. The summed E-state index contributed by atoms with van der Waals surface area (Å²) in [6.45, 7) is 7.13. The first kappa shape index (κ1) is 15.0. The van der Waals surface area contributed by atoms with Crippen LogP contribution in [-0.4, -0.2) is 47.1 Å². The molecule has 18 heavy (non-hydrogen) atoms. The van der Waals surface area contributed by atoms with Crippen molar-refractivity contribution < 1.29 is 14.7 Å². The third kappa shape index (κ3) is 3.98. The van der Waals surface area contributed by atoms with Gasteiger partial charge in [0.05, 0.1) is 0 Å². The van der Waals surface area contributed by atoms with E-state index in [0.717, 1.165) is 25.9 Å². The van der Waals surface area contributed by atoms with Crippen molar-refractivity contribution in [2.75, 3.05) is 13.1 Å². The molecule has 0 aromatic carbocycles. The summed E-state index contributed by atoms with van der Waals surface area (Å²) in [5, 5.41) is 12.1. The highest BCUT2D eigenvalue weighted by atomic mass is 16.4. The van der Waals surface area contributed by atoms with E-state index in [9.17, 15) is 9.59 Å². The van der Waals surface area contributed by atoms with Crippen LogP contribution in [0.1, 0.15) is 40.0 Å². The zero-order valence-electron chi connectivity index (χ0n) is 11.5. The molecule has 5 nitrogen and oxygen atoms in total. The highest BCUT2D eigenvalue weighted by Crippen LogP contribution is 2.14. The van der Waals surface area contributed by atoms with Gasteiger partial charge in [-0.15, -0.1) is 0 Å². The van der Waals surface area contributed by atoms with Crippen LogP contribution in [0.25, 0.3) is 0 Å². The summed E-state index contributed by atoms with van der Waals surface area (Å²) < 4.78 is 0. The van der Waals surface area contributed by atoms with Crippen molar-refractivity contribution in [3.63, 3.8) is 0 Å². The van der Waals surface area contributed by atoms with E-state index in [-0.39, 0.29) is 17.9 Å². The van der Waals surface area contributed by atoms with Crippen LogP contribution >= 0.6 is 0 Å². The largest absolute Gasteiger partial charge is 0.480 e. The smallest absolute Gasteiger partial charge is 0.320 e. The second-order valence-electron chi connectivity index (χ2n) is 5.22. The number of amides is 1. The highest BCUT2D eigenvalue weighted by Gasteiger charge is 2.26. The molecule has 1 fully saturated rings. The van der Waals surface area contributed by atoms with E-state index in [1.54, 1.807) is 0 Å². The molecule has 0 spiro atoms. The van der Waals surface area contributed by atoms with Gasteiger partial charge in [-0.3, -0.25) is 9.59 Å². The van der Waals surface area contributed by atoms with E-state index in [2.05, 4.69) is 5.32 Å². The number of rotatable bonds is 5. The molecule has 0 aliphatic carbocycles. The minimum absolute atomic E-state index is 0.0388. The van der Waals surface area contributed by atoms with Gasteiger partial charge in [-0.2, -0.15) is 0 Å².